The van der Waals surface area contributed by atoms with Gasteiger partial charge in [0.1, 0.15) is 0 Å². The molecule has 1 aromatic heterocycles. The summed E-state index contributed by atoms with van der Waals surface area (Å²) in [5.41, 5.74) is 1.87. The van der Waals surface area contributed by atoms with E-state index in [-0.39, 0.29) is 18.0 Å². The van der Waals surface area contributed by atoms with E-state index in [4.69, 9.17) is 0 Å². The minimum atomic E-state index is -1.13. The quantitative estimate of drug-likeness (QED) is 0.446. The Morgan fingerprint density at radius 1 is 1.30 bits per heavy atom. The lowest BCUT2D eigenvalue weighted by Gasteiger charge is -2.03. The van der Waals surface area contributed by atoms with E-state index in [2.05, 4.69) is 9.72 Å². The molecule has 0 amide bonds. The summed E-state index contributed by atoms with van der Waals surface area (Å²) in [6.07, 6.45) is -0.0892. The van der Waals surface area contributed by atoms with E-state index < -0.39 is 11.9 Å². The fraction of sp³-hybridized carbons (Fsp3) is 0.462. The SMILES string of the molecule is COC(=O)c1c(C)[nH]c(C(=O)CSCCC(=O)[O-])c1C. The molecule has 1 N–H and O–H groups in total. The molecule has 1 aromatic rings. The molecule has 0 saturated heterocycles. The standard InChI is InChI=1S/C13H17NO5S/c1-7-11(13(18)19-3)8(2)14-12(7)9(15)6-20-5-4-10(16)17/h14H,4-6H2,1-3H3,(H,16,17)/p-1. The van der Waals surface area contributed by atoms with E-state index in [1.807, 2.05) is 0 Å². The minimum Gasteiger partial charge on any atom is -0.550 e. The summed E-state index contributed by atoms with van der Waals surface area (Å²) in [6.45, 7) is 3.37. The molecule has 20 heavy (non-hydrogen) atoms. The molecular formula is C13H16NO5S-. The summed E-state index contributed by atoms with van der Waals surface area (Å²) in [5, 5.41) is 10.3. The van der Waals surface area contributed by atoms with Gasteiger partial charge in [-0.1, -0.05) is 0 Å². The summed E-state index contributed by atoms with van der Waals surface area (Å²) in [6, 6.07) is 0. The van der Waals surface area contributed by atoms with Gasteiger partial charge in [-0.05, 0) is 31.6 Å². The first-order valence-corrected chi connectivity index (χ1v) is 7.12. The number of aromatic nitrogens is 1. The fourth-order valence-corrected chi connectivity index (χ4v) is 2.61. The lowest BCUT2D eigenvalue weighted by Crippen LogP contribution is -2.22. The molecule has 0 radical (unpaired) electrons. The van der Waals surface area contributed by atoms with Crippen LogP contribution in [0.15, 0.2) is 0 Å². The van der Waals surface area contributed by atoms with E-state index in [9.17, 15) is 19.5 Å². The molecule has 7 heteroatoms. The third-order valence-electron chi connectivity index (χ3n) is 2.79. The van der Waals surface area contributed by atoms with E-state index in [1.165, 1.54) is 18.9 Å². The van der Waals surface area contributed by atoms with Crippen molar-refractivity contribution in [3.8, 4) is 0 Å². The van der Waals surface area contributed by atoms with Gasteiger partial charge in [0, 0.05) is 11.7 Å². The van der Waals surface area contributed by atoms with Gasteiger partial charge in [0.25, 0.3) is 0 Å². The van der Waals surface area contributed by atoms with E-state index in [0.29, 0.717) is 28.3 Å². The van der Waals surface area contributed by atoms with E-state index in [0.717, 1.165) is 0 Å². The van der Waals surface area contributed by atoms with Crippen LogP contribution in [0.4, 0.5) is 0 Å². The first kappa shape index (κ1) is 16.3. The van der Waals surface area contributed by atoms with Gasteiger partial charge in [-0.25, -0.2) is 4.79 Å². The maximum Gasteiger partial charge on any atom is 0.339 e. The number of esters is 1. The van der Waals surface area contributed by atoms with E-state index >= 15 is 0 Å². The third kappa shape index (κ3) is 3.86. The van der Waals surface area contributed by atoms with Crippen LogP contribution in [-0.4, -0.2) is 41.3 Å². The van der Waals surface area contributed by atoms with Crippen LogP contribution >= 0.6 is 11.8 Å². The van der Waals surface area contributed by atoms with Crippen LogP contribution in [0.2, 0.25) is 0 Å². The number of aliphatic carboxylic acids is 1. The van der Waals surface area contributed by atoms with Gasteiger partial charge < -0.3 is 19.6 Å². The Kier molecular flexibility index (Phi) is 5.82. The Hall–Kier alpha value is -1.76. The van der Waals surface area contributed by atoms with Crippen LogP contribution in [0.25, 0.3) is 0 Å². The molecule has 0 aliphatic heterocycles. The second-order valence-corrected chi connectivity index (χ2v) is 5.32. The predicted molar refractivity (Wildman–Crippen MR) is 72.9 cm³/mol. The summed E-state index contributed by atoms with van der Waals surface area (Å²) in [7, 11) is 1.28. The van der Waals surface area contributed by atoms with Crippen molar-refractivity contribution in [2.75, 3.05) is 18.6 Å². The number of aromatic amines is 1. The molecule has 0 unspecified atom stereocenters. The maximum absolute atomic E-state index is 12.0. The van der Waals surface area contributed by atoms with Crippen molar-refractivity contribution in [2.45, 2.75) is 20.3 Å². The number of methoxy groups -OCH3 is 1. The van der Waals surface area contributed by atoms with Crippen molar-refractivity contribution in [2.24, 2.45) is 0 Å². The molecule has 0 saturated carbocycles. The maximum atomic E-state index is 12.0. The molecule has 1 rings (SSSR count). The molecule has 1 heterocycles. The Morgan fingerprint density at radius 2 is 1.95 bits per heavy atom. The minimum absolute atomic E-state index is 0.0892. The van der Waals surface area contributed by atoms with Crippen molar-refractivity contribution in [3.05, 3.63) is 22.5 Å². The van der Waals surface area contributed by atoms with Gasteiger partial charge in [-0.3, -0.25) is 4.79 Å². The zero-order chi connectivity index (χ0) is 15.3. The first-order valence-electron chi connectivity index (χ1n) is 5.96. The summed E-state index contributed by atoms with van der Waals surface area (Å²) in [5.74, 6) is -1.33. The number of rotatable bonds is 7. The number of thioether (sulfide) groups is 1. The van der Waals surface area contributed by atoms with Crippen LogP contribution < -0.4 is 5.11 Å². The number of Topliss-reactive ketones (excluding diaryl/α,β-unsaturated/α-hetero) is 1. The lowest BCUT2D eigenvalue weighted by atomic mass is 10.1. The highest BCUT2D eigenvalue weighted by Crippen LogP contribution is 2.20. The summed E-state index contributed by atoms with van der Waals surface area (Å²) >= 11 is 1.22. The zero-order valence-electron chi connectivity index (χ0n) is 11.6. The van der Waals surface area contributed by atoms with Gasteiger partial charge in [0.05, 0.1) is 24.1 Å². The highest BCUT2D eigenvalue weighted by atomic mass is 32.2. The van der Waals surface area contributed by atoms with Gasteiger partial charge in [0.15, 0.2) is 5.78 Å². The average molecular weight is 298 g/mol. The Labute approximate surface area is 120 Å². The van der Waals surface area contributed by atoms with Crippen LogP contribution in [0, 0.1) is 13.8 Å². The molecule has 0 aliphatic rings. The van der Waals surface area contributed by atoms with E-state index in [1.54, 1.807) is 13.8 Å². The van der Waals surface area contributed by atoms with Crippen LogP contribution in [0.1, 0.15) is 38.5 Å². The van der Waals surface area contributed by atoms with Crippen molar-refractivity contribution in [3.63, 3.8) is 0 Å². The monoisotopic (exact) mass is 298 g/mol. The van der Waals surface area contributed by atoms with Gasteiger partial charge in [0.2, 0.25) is 0 Å². The number of H-pyrrole nitrogens is 1. The average Bonchev–Trinajstić information content (AvgIpc) is 2.69. The van der Waals surface area contributed by atoms with Crippen LogP contribution in [-0.2, 0) is 9.53 Å². The van der Waals surface area contributed by atoms with Crippen molar-refractivity contribution in [1.29, 1.82) is 0 Å². The topological polar surface area (TPSA) is 99.3 Å². The summed E-state index contributed by atoms with van der Waals surface area (Å²) < 4.78 is 4.67. The number of carboxylic acids is 1. The number of hydrogen-bond donors (Lipinski definition) is 1. The van der Waals surface area contributed by atoms with Gasteiger partial charge in [-0.15, -0.1) is 0 Å². The molecule has 0 spiro atoms. The zero-order valence-corrected chi connectivity index (χ0v) is 12.4. The lowest BCUT2D eigenvalue weighted by molar-refractivity contribution is -0.305. The van der Waals surface area contributed by atoms with Gasteiger partial charge >= 0.3 is 5.97 Å². The predicted octanol–water partition coefficient (Wildman–Crippen LogP) is 0.474. The molecular weight excluding hydrogens is 282 g/mol. The summed E-state index contributed by atoms with van der Waals surface area (Å²) in [4.78, 5) is 36.8. The molecule has 0 atom stereocenters. The van der Waals surface area contributed by atoms with Crippen LogP contribution in [0.5, 0.6) is 0 Å². The molecule has 6 nitrogen and oxygen atoms in total. The number of hydrogen-bond acceptors (Lipinski definition) is 6. The molecule has 0 fully saturated rings. The number of ether oxygens (including phenoxy) is 1. The van der Waals surface area contributed by atoms with Crippen LogP contribution in [0.3, 0.4) is 0 Å². The van der Waals surface area contributed by atoms with Crippen molar-refractivity contribution >= 4 is 29.5 Å². The highest BCUT2D eigenvalue weighted by molar-refractivity contribution is 8.00. The molecule has 0 aliphatic carbocycles. The first-order chi connectivity index (χ1) is 9.38. The second-order valence-electron chi connectivity index (χ2n) is 4.21. The largest absolute Gasteiger partial charge is 0.550 e. The number of carbonyl (C=O) groups excluding carboxylic acids is 3. The number of aryl methyl sites for hydroxylation is 1. The number of nitrogens with one attached hydrogen (secondary N) is 1. The normalized spacial score (nSPS) is 10.3. The number of carbonyl (C=O) groups is 3. The van der Waals surface area contributed by atoms with Gasteiger partial charge in [-0.2, -0.15) is 11.8 Å². The second kappa shape index (κ2) is 7.14. The molecule has 0 bridgehead atoms. The Bertz CT molecular complexity index is 535. The third-order valence-corrected chi connectivity index (χ3v) is 3.75. The molecule has 110 valence electrons. The van der Waals surface area contributed by atoms with Crippen molar-refractivity contribution in [1.82, 2.24) is 4.98 Å². The Balaban J connectivity index is 2.74. The van der Waals surface area contributed by atoms with Crippen molar-refractivity contribution < 1.29 is 24.2 Å². The fourth-order valence-electron chi connectivity index (χ4n) is 1.83. The Morgan fingerprint density at radius 3 is 2.50 bits per heavy atom. The molecule has 0 aromatic carbocycles. The number of carboxylic acid groups (broad SMARTS) is 1. The smallest absolute Gasteiger partial charge is 0.339 e. The number of ketones is 1. The highest BCUT2D eigenvalue weighted by Gasteiger charge is 2.22.